The Balaban J connectivity index is 2.45. The van der Waals surface area contributed by atoms with Crippen molar-refractivity contribution in [3.8, 4) is 17.2 Å². The Kier molecular flexibility index (Phi) is 4.62. The number of hydrogen-bond donors (Lipinski definition) is 1. The quantitative estimate of drug-likeness (QED) is 0.893. The molecule has 0 aliphatic heterocycles. The molecule has 2 aromatic carbocycles. The van der Waals surface area contributed by atoms with Gasteiger partial charge in [0.15, 0.2) is 11.6 Å². The van der Waals surface area contributed by atoms with Crippen LogP contribution < -0.4 is 9.47 Å². The minimum absolute atomic E-state index is 0.0783. The van der Waals surface area contributed by atoms with Crippen LogP contribution in [0.3, 0.4) is 0 Å². The van der Waals surface area contributed by atoms with E-state index in [2.05, 4.69) is 15.9 Å². The van der Waals surface area contributed by atoms with Crippen LogP contribution in [0.4, 0.5) is 4.39 Å². The number of halogens is 2. The second-order valence-corrected chi connectivity index (χ2v) is 5.14. The summed E-state index contributed by atoms with van der Waals surface area (Å²) in [5.74, 6) is 0.450. The molecule has 0 aliphatic carbocycles. The van der Waals surface area contributed by atoms with E-state index in [1.54, 1.807) is 31.2 Å². The summed E-state index contributed by atoms with van der Waals surface area (Å²) in [4.78, 5) is 0. The third kappa shape index (κ3) is 3.11. The van der Waals surface area contributed by atoms with E-state index in [0.29, 0.717) is 21.5 Å². The molecule has 0 spiro atoms. The summed E-state index contributed by atoms with van der Waals surface area (Å²) < 4.78 is 25.2. The summed E-state index contributed by atoms with van der Waals surface area (Å²) in [5.41, 5.74) is 0.481. The van der Waals surface area contributed by atoms with Crippen LogP contribution in [0.2, 0.25) is 0 Å². The van der Waals surface area contributed by atoms with Gasteiger partial charge in [0.1, 0.15) is 11.5 Å². The fraction of sp³-hybridized carbons (Fsp3) is 0.200. The predicted molar refractivity (Wildman–Crippen MR) is 77.8 cm³/mol. The van der Waals surface area contributed by atoms with Crippen molar-refractivity contribution in [1.29, 1.82) is 0 Å². The Morgan fingerprint density at radius 1 is 1.15 bits per heavy atom. The molecule has 0 bridgehead atoms. The Hall–Kier alpha value is -1.59. The highest BCUT2D eigenvalue weighted by atomic mass is 79.9. The van der Waals surface area contributed by atoms with Gasteiger partial charge >= 0.3 is 0 Å². The first kappa shape index (κ1) is 14.8. The molecular formula is C15H14BrFO3. The molecule has 20 heavy (non-hydrogen) atoms. The van der Waals surface area contributed by atoms with Gasteiger partial charge in [0.05, 0.1) is 18.8 Å². The zero-order valence-electron chi connectivity index (χ0n) is 11.1. The van der Waals surface area contributed by atoms with Crippen molar-refractivity contribution < 1.29 is 19.0 Å². The molecule has 2 aromatic rings. The average molecular weight is 341 g/mol. The normalized spacial score (nSPS) is 12.1. The van der Waals surface area contributed by atoms with E-state index in [1.807, 2.05) is 0 Å². The minimum Gasteiger partial charge on any atom is -0.496 e. The average Bonchev–Trinajstić information content (AvgIpc) is 2.42. The Morgan fingerprint density at radius 3 is 2.50 bits per heavy atom. The van der Waals surface area contributed by atoms with Crippen molar-refractivity contribution in [2.24, 2.45) is 0 Å². The van der Waals surface area contributed by atoms with E-state index >= 15 is 0 Å². The summed E-state index contributed by atoms with van der Waals surface area (Å²) in [7, 11) is 1.50. The van der Waals surface area contributed by atoms with Crippen LogP contribution in [-0.4, -0.2) is 12.2 Å². The fourth-order valence-electron chi connectivity index (χ4n) is 1.88. The van der Waals surface area contributed by atoms with Crippen LogP contribution in [0, 0.1) is 5.82 Å². The van der Waals surface area contributed by atoms with Gasteiger partial charge in [-0.15, -0.1) is 0 Å². The van der Waals surface area contributed by atoms with Gasteiger partial charge in [-0.2, -0.15) is 0 Å². The second-order valence-electron chi connectivity index (χ2n) is 4.22. The first-order valence-corrected chi connectivity index (χ1v) is 6.80. The van der Waals surface area contributed by atoms with E-state index in [4.69, 9.17) is 9.47 Å². The van der Waals surface area contributed by atoms with Gasteiger partial charge in [0.25, 0.3) is 0 Å². The van der Waals surface area contributed by atoms with Crippen molar-refractivity contribution in [2.75, 3.05) is 7.11 Å². The van der Waals surface area contributed by atoms with Gasteiger partial charge in [0.2, 0.25) is 0 Å². The molecule has 0 saturated carbocycles. The molecule has 1 atom stereocenters. The summed E-state index contributed by atoms with van der Waals surface area (Å²) in [6, 6.07) is 9.51. The third-order valence-corrected chi connectivity index (χ3v) is 3.27. The maximum atomic E-state index is 13.7. The van der Waals surface area contributed by atoms with E-state index in [9.17, 15) is 9.50 Å². The van der Waals surface area contributed by atoms with E-state index < -0.39 is 11.9 Å². The monoisotopic (exact) mass is 340 g/mol. The molecule has 0 heterocycles. The first-order chi connectivity index (χ1) is 9.52. The van der Waals surface area contributed by atoms with Crippen LogP contribution in [-0.2, 0) is 0 Å². The third-order valence-electron chi connectivity index (χ3n) is 2.78. The minimum atomic E-state index is -0.795. The summed E-state index contributed by atoms with van der Waals surface area (Å²) in [6.45, 7) is 1.60. The van der Waals surface area contributed by atoms with Crippen LogP contribution in [0.15, 0.2) is 40.9 Å². The summed E-state index contributed by atoms with van der Waals surface area (Å²) in [5, 5.41) is 9.86. The van der Waals surface area contributed by atoms with Gasteiger partial charge in [-0.25, -0.2) is 4.39 Å². The molecule has 106 valence electrons. The number of hydrogen-bond acceptors (Lipinski definition) is 3. The Bertz CT molecular complexity index is 614. The van der Waals surface area contributed by atoms with Gasteiger partial charge in [-0.05, 0) is 37.3 Å². The van der Waals surface area contributed by atoms with Gasteiger partial charge < -0.3 is 14.6 Å². The highest BCUT2D eigenvalue weighted by Gasteiger charge is 2.17. The Morgan fingerprint density at radius 2 is 1.85 bits per heavy atom. The molecule has 0 aliphatic rings. The lowest BCUT2D eigenvalue weighted by molar-refractivity contribution is 0.190. The van der Waals surface area contributed by atoms with Crippen molar-refractivity contribution in [2.45, 2.75) is 13.0 Å². The molecule has 0 radical (unpaired) electrons. The lowest BCUT2D eigenvalue weighted by Crippen LogP contribution is -2.00. The molecule has 0 amide bonds. The molecule has 0 fully saturated rings. The van der Waals surface area contributed by atoms with Crippen molar-refractivity contribution in [1.82, 2.24) is 0 Å². The molecule has 0 saturated heterocycles. The van der Waals surface area contributed by atoms with Gasteiger partial charge in [-0.3, -0.25) is 0 Å². The number of aliphatic hydroxyl groups excluding tert-OH is 1. The van der Waals surface area contributed by atoms with E-state index in [-0.39, 0.29) is 5.75 Å². The maximum absolute atomic E-state index is 13.7. The van der Waals surface area contributed by atoms with Crippen LogP contribution in [0.5, 0.6) is 17.2 Å². The number of aliphatic hydroxyl groups is 1. The van der Waals surface area contributed by atoms with E-state index in [1.165, 1.54) is 19.2 Å². The highest BCUT2D eigenvalue weighted by molar-refractivity contribution is 9.10. The smallest absolute Gasteiger partial charge is 0.165 e. The molecule has 5 heteroatoms. The zero-order chi connectivity index (χ0) is 14.7. The lowest BCUT2D eigenvalue weighted by Gasteiger charge is -2.16. The number of methoxy groups -OCH3 is 1. The van der Waals surface area contributed by atoms with Crippen molar-refractivity contribution in [3.63, 3.8) is 0 Å². The largest absolute Gasteiger partial charge is 0.496 e. The van der Waals surface area contributed by atoms with Crippen molar-refractivity contribution >= 4 is 15.9 Å². The number of rotatable bonds is 4. The van der Waals surface area contributed by atoms with Gasteiger partial charge in [0, 0.05) is 4.47 Å². The predicted octanol–water partition coefficient (Wildman–Crippen LogP) is 4.44. The Labute approximate surface area is 125 Å². The van der Waals surface area contributed by atoms with Crippen LogP contribution >= 0.6 is 15.9 Å². The summed E-state index contributed by atoms with van der Waals surface area (Å²) >= 11 is 3.26. The van der Waals surface area contributed by atoms with Crippen LogP contribution in [0.1, 0.15) is 18.6 Å². The summed E-state index contributed by atoms with van der Waals surface area (Å²) in [6.07, 6.45) is -0.795. The fourth-order valence-corrected chi connectivity index (χ4v) is 2.22. The zero-order valence-corrected chi connectivity index (χ0v) is 12.6. The molecule has 3 nitrogen and oxygen atoms in total. The SMILES string of the molecule is COc1cccc(Oc2cc(Br)ccc2F)c1[C@@H](C)O. The number of benzene rings is 2. The first-order valence-electron chi connectivity index (χ1n) is 6.00. The second kappa shape index (κ2) is 6.24. The molecule has 1 N–H and O–H groups in total. The van der Waals surface area contributed by atoms with E-state index in [0.717, 1.165) is 0 Å². The molecular weight excluding hydrogens is 327 g/mol. The highest BCUT2D eigenvalue weighted by Crippen LogP contribution is 2.37. The molecule has 0 aromatic heterocycles. The lowest BCUT2D eigenvalue weighted by atomic mass is 10.1. The van der Waals surface area contributed by atoms with Crippen LogP contribution in [0.25, 0.3) is 0 Å². The molecule has 2 rings (SSSR count). The topological polar surface area (TPSA) is 38.7 Å². The molecule has 0 unspecified atom stereocenters. The van der Waals surface area contributed by atoms with Crippen molar-refractivity contribution in [3.05, 3.63) is 52.3 Å². The van der Waals surface area contributed by atoms with Gasteiger partial charge in [-0.1, -0.05) is 22.0 Å². The number of ether oxygens (including phenoxy) is 2. The standard InChI is InChI=1S/C15H14BrFO3/c1-9(18)15-12(19-2)4-3-5-13(15)20-14-8-10(16)6-7-11(14)17/h3-9,18H,1-2H3/t9-/m1/s1. The maximum Gasteiger partial charge on any atom is 0.165 e.